The predicted octanol–water partition coefficient (Wildman–Crippen LogP) is 9.13. The minimum atomic E-state index is 0.667. The first-order chi connectivity index (χ1) is 16.2. The van der Waals surface area contributed by atoms with E-state index in [0.29, 0.717) is 11.8 Å². The molecule has 2 heteroatoms. The lowest BCUT2D eigenvalue weighted by atomic mass is 9.76. The van der Waals surface area contributed by atoms with Crippen LogP contribution in [0.4, 0.5) is 0 Å². The van der Waals surface area contributed by atoms with E-state index in [4.69, 9.17) is 9.47 Å². The summed E-state index contributed by atoms with van der Waals surface area (Å²) in [7, 11) is 3.58. The molecule has 2 aromatic rings. The van der Waals surface area contributed by atoms with Gasteiger partial charge in [0.1, 0.15) is 11.5 Å². The number of ether oxygens (including phenoxy) is 2. The Kier molecular flexibility index (Phi) is 8.39. The van der Waals surface area contributed by atoms with E-state index in [0.717, 1.165) is 23.3 Å². The van der Waals surface area contributed by atoms with Crippen molar-refractivity contribution in [2.45, 2.75) is 96.3 Å². The van der Waals surface area contributed by atoms with Gasteiger partial charge in [0, 0.05) is 11.1 Å². The maximum atomic E-state index is 5.85. The third-order valence-electron chi connectivity index (χ3n) is 8.65. The summed E-state index contributed by atoms with van der Waals surface area (Å²) in [5.74, 6) is 5.08. The highest BCUT2D eigenvalue weighted by molar-refractivity contribution is 5.77. The van der Waals surface area contributed by atoms with E-state index < -0.39 is 0 Å². The molecule has 33 heavy (non-hydrogen) atoms. The Hall–Kier alpha value is -1.96. The van der Waals surface area contributed by atoms with Crippen LogP contribution in [0.3, 0.4) is 0 Å². The molecule has 2 aromatic carbocycles. The van der Waals surface area contributed by atoms with Crippen molar-refractivity contribution in [3.05, 3.63) is 47.5 Å². The van der Waals surface area contributed by atoms with Gasteiger partial charge in [-0.3, -0.25) is 0 Å². The van der Waals surface area contributed by atoms with Crippen molar-refractivity contribution in [2.24, 2.45) is 11.8 Å². The average molecular weight is 449 g/mol. The fourth-order valence-electron chi connectivity index (χ4n) is 6.48. The van der Waals surface area contributed by atoms with E-state index in [2.05, 4.69) is 50.2 Å². The zero-order valence-corrected chi connectivity index (χ0v) is 21.4. The molecule has 4 rings (SSSR count). The van der Waals surface area contributed by atoms with Gasteiger partial charge in [0.2, 0.25) is 0 Å². The zero-order chi connectivity index (χ0) is 23.2. The van der Waals surface area contributed by atoms with Gasteiger partial charge in [-0.2, -0.15) is 0 Å². The van der Waals surface area contributed by atoms with Crippen molar-refractivity contribution >= 4 is 0 Å². The summed E-state index contributed by atoms with van der Waals surface area (Å²) in [6, 6.07) is 13.8. The molecule has 2 fully saturated rings. The van der Waals surface area contributed by atoms with Crippen LogP contribution in [0, 0.1) is 11.8 Å². The third-order valence-corrected chi connectivity index (χ3v) is 8.65. The Morgan fingerprint density at radius 1 is 0.636 bits per heavy atom. The highest BCUT2D eigenvalue weighted by atomic mass is 16.5. The van der Waals surface area contributed by atoms with Crippen molar-refractivity contribution in [3.63, 3.8) is 0 Å². The van der Waals surface area contributed by atoms with Crippen LogP contribution in [0.5, 0.6) is 11.5 Å². The summed E-state index contributed by atoms with van der Waals surface area (Å²) in [6.45, 7) is 4.66. The minimum Gasteiger partial charge on any atom is -0.496 e. The molecule has 0 atom stereocenters. The van der Waals surface area contributed by atoms with E-state index in [1.165, 1.54) is 92.9 Å². The molecule has 2 aliphatic rings. The van der Waals surface area contributed by atoms with Crippen LogP contribution in [0.2, 0.25) is 0 Å². The standard InChI is InChI=1S/C31H44O2/c1-5-7-23-10-14-25(15-11-23)27-17-19-31(33-4)29(21-27)28-20-26(16-18-30(28)32-3)24-12-8-22(6-2)9-13-24/h16-25H,5-15H2,1-4H3. The molecule has 2 nitrogen and oxygen atoms in total. The Morgan fingerprint density at radius 2 is 1.09 bits per heavy atom. The van der Waals surface area contributed by atoms with Crippen LogP contribution in [-0.4, -0.2) is 14.2 Å². The molecule has 0 unspecified atom stereocenters. The summed E-state index contributed by atoms with van der Waals surface area (Å²) >= 11 is 0. The van der Waals surface area contributed by atoms with Crippen LogP contribution in [0.25, 0.3) is 11.1 Å². The summed E-state index contributed by atoms with van der Waals surface area (Å²) < 4.78 is 11.7. The van der Waals surface area contributed by atoms with Crippen molar-refractivity contribution < 1.29 is 9.47 Å². The van der Waals surface area contributed by atoms with Gasteiger partial charge in [0.25, 0.3) is 0 Å². The Balaban J connectivity index is 1.62. The molecule has 2 aliphatic carbocycles. The van der Waals surface area contributed by atoms with Gasteiger partial charge < -0.3 is 9.47 Å². The molecular weight excluding hydrogens is 404 g/mol. The van der Waals surface area contributed by atoms with E-state index in [1.54, 1.807) is 14.2 Å². The van der Waals surface area contributed by atoms with Crippen molar-refractivity contribution in [1.29, 1.82) is 0 Å². The highest BCUT2D eigenvalue weighted by Gasteiger charge is 2.25. The molecule has 0 spiro atoms. The van der Waals surface area contributed by atoms with Gasteiger partial charge in [-0.15, -0.1) is 0 Å². The van der Waals surface area contributed by atoms with Crippen molar-refractivity contribution in [2.75, 3.05) is 14.2 Å². The average Bonchev–Trinajstić information content (AvgIpc) is 2.88. The van der Waals surface area contributed by atoms with Gasteiger partial charge >= 0.3 is 0 Å². The largest absolute Gasteiger partial charge is 0.496 e. The van der Waals surface area contributed by atoms with Crippen molar-refractivity contribution in [3.8, 4) is 22.6 Å². The SMILES string of the molecule is CCCC1CCC(c2ccc(OC)c(-c3cc(C4CCC(CC)CC4)ccc3OC)c2)CC1. The molecule has 0 radical (unpaired) electrons. The van der Waals surface area contributed by atoms with E-state index in [-0.39, 0.29) is 0 Å². The maximum absolute atomic E-state index is 5.85. The quantitative estimate of drug-likeness (QED) is 0.401. The lowest BCUT2D eigenvalue weighted by Crippen LogP contribution is -2.13. The fourth-order valence-corrected chi connectivity index (χ4v) is 6.48. The molecule has 2 saturated carbocycles. The number of hydrogen-bond donors (Lipinski definition) is 0. The molecule has 0 bridgehead atoms. The summed E-state index contributed by atoms with van der Waals surface area (Å²) in [4.78, 5) is 0. The predicted molar refractivity (Wildman–Crippen MR) is 140 cm³/mol. The second-order valence-corrected chi connectivity index (χ2v) is 10.6. The summed E-state index contributed by atoms with van der Waals surface area (Å²) in [6.07, 6.45) is 14.8. The van der Waals surface area contributed by atoms with Crippen LogP contribution >= 0.6 is 0 Å². The first kappa shape index (κ1) is 24.2. The molecule has 0 aromatic heterocycles. The Morgan fingerprint density at radius 3 is 1.48 bits per heavy atom. The summed E-state index contributed by atoms with van der Waals surface area (Å²) in [5, 5.41) is 0. The number of benzene rings is 2. The molecule has 0 heterocycles. The first-order valence-corrected chi connectivity index (χ1v) is 13.5. The van der Waals surface area contributed by atoms with Gasteiger partial charge in [-0.1, -0.05) is 45.2 Å². The fraction of sp³-hybridized carbons (Fsp3) is 0.613. The van der Waals surface area contributed by atoms with Crippen LogP contribution in [0.1, 0.15) is 107 Å². The van der Waals surface area contributed by atoms with Gasteiger partial charge in [0.15, 0.2) is 0 Å². The number of methoxy groups -OCH3 is 2. The van der Waals surface area contributed by atoms with Crippen LogP contribution in [-0.2, 0) is 0 Å². The topological polar surface area (TPSA) is 18.5 Å². The molecule has 0 saturated heterocycles. The second-order valence-electron chi connectivity index (χ2n) is 10.6. The molecule has 0 aliphatic heterocycles. The van der Waals surface area contributed by atoms with E-state index >= 15 is 0 Å². The van der Waals surface area contributed by atoms with Gasteiger partial charge in [-0.05, 0) is 110 Å². The van der Waals surface area contributed by atoms with Crippen LogP contribution < -0.4 is 9.47 Å². The van der Waals surface area contributed by atoms with Crippen molar-refractivity contribution in [1.82, 2.24) is 0 Å². The Labute approximate surface area is 202 Å². The van der Waals surface area contributed by atoms with E-state index in [9.17, 15) is 0 Å². The Bertz CT molecular complexity index is 886. The van der Waals surface area contributed by atoms with Gasteiger partial charge in [-0.25, -0.2) is 0 Å². The number of rotatable bonds is 8. The smallest absolute Gasteiger partial charge is 0.126 e. The second kappa shape index (κ2) is 11.4. The van der Waals surface area contributed by atoms with Gasteiger partial charge in [0.05, 0.1) is 14.2 Å². The number of hydrogen-bond acceptors (Lipinski definition) is 2. The molecule has 0 N–H and O–H groups in total. The molecular formula is C31H44O2. The zero-order valence-electron chi connectivity index (χ0n) is 21.4. The molecule has 0 amide bonds. The molecule has 180 valence electrons. The monoisotopic (exact) mass is 448 g/mol. The minimum absolute atomic E-state index is 0.667. The van der Waals surface area contributed by atoms with Crippen LogP contribution in [0.15, 0.2) is 36.4 Å². The highest BCUT2D eigenvalue weighted by Crippen LogP contribution is 2.44. The van der Waals surface area contributed by atoms with E-state index in [1.807, 2.05) is 0 Å². The lowest BCUT2D eigenvalue weighted by Gasteiger charge is -2.29. The normalized spacial score (nSPS) is 25.6. The maximum Gasteiger partial charge on any atom is 0.126 e. The third kappa shape index (κ3) is 5.58. The first-order valence-electron chi connectivity index (χ1n) is 13.5. The lowest BCUT2D eigenvalue weighted by molar-refractivity contribution is 0.308. The summed E-state index contributed by atoms with van der Waals surface area (Å²) in [5.41, 5.74) is 5.31.